The molecular formula is C16H14Cl3NO2. The standard InChI is InChI=1S/C16H14Cl3NO2/c1-2-15(22-12-6-3-10(17)4-7-12)16(21)20-14-9-11(18)5-8-13(14)19/h3-9,15H,2H2,1H3,(H,20,21)/t15-/m1/s1. The average molecular weight is 359 g/mol. The Hall–Kier alpha value is -1.42. The van der Waals surface area contributed by atoms with Crippen LogP contribution in [0.1, 0.15) is 13.3 Å². The fourth-order valence-electron chi connectivity index (χ4n) is 1.81. The largest absolute Gasteiger partial charge is 0.481 e. The summed E-state index contributed by atoms with van der Waals surface area (Å²) in [6.07, 6.45) is -0.136. The van der Waals surface area contributed by atoms with Gasteiger partial charge in [0.25, 0.3) is 5.91 Å². The first-order valence-corrected chi connectivity index (χ1v) is 7.81. The molecule has 3 nitrogen and oxygen atoms in total. The number of rotatable bonds is 5. The van der Waals surface area contributed by atoms with Crippen molar-refractivity contribution in [3.63, 3.8) is 0 Å². The van der Waals surface area contributed by atoms with Crippen molar-refractivity contribution in [2.75, 3.05) is 5.32 Å². The van der Waals surface area contributed by atoms with Gasteiger partial charge in [-0.3, -0.25) is 4.79 Å². The Kier molecular flexibility index (Phi) is 5.95. The first kappa shape index (κ1) is 16.9. The summed E-state index contributed by atoms with van der Waals surface area (Å²) in [6, 6.07) is 11.7. The van der Waals surface area contributed by atoms with Crippen LogP contribution in [0.2, 0.25) is 15.1 Å². The summed E-state index contributed by atoms with van der Waals surface area (Å²) in [6.45, 7) is 1.86. The summed E-state index contributed by atoms with van der Waals surface area (Å²) in [5, 5.41) is 4.24. The molecule has 0 radical (unpaired) electrons. The number of nitrogens with one attached hydrogen (secondary N) is 1. The van der Waals surface area contributed by atoms with Gasteiger partial charge in [-0.15, -0.1) is 0 Å². The third-order valence-corrected chi connectivity index (χ3v) is 3.76. The second kappa shape index (κ2) is 7.73. The van der Waals surface area contributed by atoms with Gasteiger partial charge >= 0.3 is 0 Å². The number of benzene rings is 2. The lowest BCUT2D eigenvalue weighted by Crippen LogP contribution is -2.32. The molecule has 116 valence electrons. The number of halogens is 3. The van der Waals surface area contributed by atoms with Gasteiger partial charge in [0, 0.05) is 10.0 Å². The number of carbonyl (C=O) groups is 1. The molecule has 0 spiro atoms. The van der Waals surface area contributed by atoms with Crippen molar-refractivity contribution >= 4 is 46.4 Å². The summed E-state index contributed by atoms with van der Waals surface area (Å²) < 4.78 is 5.68. The van der Waals surface area contributed by atoms with Gasteiger partial charge in [-0.05, 0) is 48.9 Å². The van der Waals surface area contributed by atoms with E-state index >= 15 is 0 Å². The number of carbonyl (C=O) groups excluding carboxylic acids is 1. The Labute approximate surface area is 144 Å². The van der Waals surface area contributed by atoms with Crippen molar-refractivity contribution in [2.24, 2.45) is 0 Å². The minimum Gasteiger partial charge on any atom is -0.481 e. The molecule has 22 heavy (non-hydrogen) atoms. The molecule has 1 amide bonds. The molecular weight excluding hydrogens is 345 g/mol. The Bertz CT molecular complexity index is 659. The van der Waals surface area contributed by atoms with Crippen molar-refractivity contribution in [3.05, 3.63) is 57.5 Å². The molecule has 2 rings (SSSR count). The highest BCUT2D eigenvalue weighted by Gasteiger charge is 2.19. The zero-order valence-electron chi connectivity index (χ0n) is 11.8. The van der Waals surface area contributed by atoms with Crippen LogP contribution in [0.3, 0.4) is 0 Å². The van der Waals surface area contributed by atoms with Crippen molar-refractivity contribution in [2.45, 2.75) is 19.4 Å². The fraction of sp³-hybridized carbons (Fsp3) is 0.188. The van der Waals surface area contributed by atoms with Crippen LogP contribution in [0.25, 0.3) is 0 Å². The van der Waals surface area contributed by atoms with Gasteiger partial charge in [-0.2, -0.15) is 0 Å². The second-order valence-corrected chi connectivity index (χ2v) is 5.86. The van der Waals surface area contributed by atoms with E-state index in [4.69, 9.17) is 39.5 Å². The molecule has 0 heterocycles. The summed E-state index contributed by atoms with van der Waals surface area (Å²) in [4.78, 5) is 12.3. The lowest BCUT2D eigenvalue weighted by molar-refractivity contribution is -0.122. The molecule has 6 heteroatoms. The van der Waals surface area contributed by atoms with Crippen LogP contribution in [0.4, 0.5) is 5.69 Å². The number of hydrogen-bond acceptors (Lipinski definition) is 2. The number of anilines is 1. The number of ether oxygens (including phenoxy) is 1. The van der Waals surface area contributed by atoms with Gasteiger partial charge < -0.3 is 10.1 Å². The van der Waals surface area contributed by atoms with Crippen LogP contribution >= 0.6 is 34.8 Å². The summed E-state index contributed by atoms with van der Waals surface area (Å²) in [5.74, 6) is 0.283. The predicted molar refractivity (Wildman–Crippen MR) is 91.3 cm³/mol. The molecule has 0 aromatic heterocycles. The van der Waals surface area contributed by atoms with Crippen LogP contribution in [0.15, 0.2) is 42.5 Å². The van der Waals surface area contributed by atoms with E-state index in [1.54, 1.807) is 42.5 Å². The first-order valence-electron chi connectivity index (χ1n) is 6.67. The molecule has 1 atom stereocenters. The molecule has 0 aliphatic rings. The van der Waals surface area contributed by atoms with Crippen molar-refractivity contribution < 1.29 is 9.53 Å². The number of amides is 1. The highest BCUT2D eigenvalue weighted by molar-refractivity contribution is 6.35. The Morgan fingerprint density at radius 2 is 1.73 bits per heavy atom. The molecule has 0 unspecified atom stereocenters. The van der Waals surface area contributed by atoms with E-state index in [0.717, 1.165) is 0 Å². The van der Waals surface area contributed by atoms with Crippen molar-refractivity contribution in [1.29, 1.82) is 0 Å². The van der Waals surface area contributed by atoms with Crippen LogP contribution < -0.4 is 10.1 Å². The molecule has 2 aromatic rings. The first-order chi connectivity index (χ1) is 10.5. The zero-order chi connectivity index (χ0) is 16.1. The van der Waals surface area contributed by atoms with Gasteiger partial charge in [0.2, 0.25) is 0 Å². The van der Waals surface area contributed by atoms with E-state index in [0.29, 0.717) is 32.9 Å². The Balaban J connectivity index is 2.08. The van der Waals surface area contributed by atoms with E-state index in [2.05, 4.69) is 5.32 Å². The smallest absolute Gasteiger partial charge is 0.265 e. The molecule has 2 aromatic carbocycles. The molecule has 0 aliphatic heterocycles. The molecule has 0 saturated heterocycles. The third-order valence-electron chi connectivity index (χ3n) is 2.94. The Morgan fingerprint density at radius 3 is 2.36 bits per heavy atom. The summed E-state index contributed by atoms with van der Waals surface area (Å²) in [7, 11) is 0. The second-order valence-electron chi connectivity index (χ2n) is 4.58. The quantitative estimate of drug-likeness (QED) is 0.772. The molecule has 0 fully saturated rings. The lowest BCUT2D eigenvalue weighted by Gasteiger charge is -2.18. The maximum Gasteiger partial charge on any atom is 0.265 e. The maximum atomic E-state index is 12.3. The molecule has 0 saturated carbocycles. The van der Waals surface area contributed by atoms with Crippen LogP contribution in [-0.2, 0) is 4.79 Å². The molecule has 0 aliphatic carbocycles. The summed E-state index contributed by atoms with van der Waals surface area (Å²) >= 11 is 17.8. The van der Waals surface area contributed by atoms with E-state index in [1.807, 2.05) is 6.92 Å². The normalized spacial score (nSPS) is 11.8. The van der Waals surface area contributed by atoms with Gasteiger partial charge in [0.05, 0.1) is 10.7 Å². The van der Waals surface area contributed by atoms with E-state index < -0.39 is 6.10 Å². The maximum absolute atomic E-state index is 12.3. The van der Waals surface area contributed by atoms with Crippen molar-refractivity contribution in [3.8, 4) is 5.75 Å². The van der Waals surface area contributed by atoms with Crippen LogP contribution in [-0.4, -0.2) is 12.0 Å². The predicted octanol–water partition coefficient (Wildman–Crippen LogP) is 5.44. The van der Waals surface area contributed by atoms with E-state index in [-0.39, 0.29) is 5.91 Å². The SMILES string of the molecule is CC[C@@H](Oc1ccc(Cl)cc1)C(=O)Nc1cc(Cl)ccc1Cl. The van der Waals surface area contributed by atoms with Gasteiger partial charge in [-0.1, -0.05) is 41.7 Å². The highest BCUT2D eigenvalue weighted by atomic mass is 35.5. The van der Waals surface area contributed by atoms with E-state index in [1.165, 1.54) is 0 Å². The number of hydrogen-bond donors (Lipinski definition) is 1. The Morgan fingerprint density at radius 1 is 1.09 bits per heavy atom. The fourth-order valence-corrected chi connectivity index (χ4v) is 2.27. The minimum absolute atomic E-state index is 0.290. The average Bonchev–Trinajstić information content (AvgIpc) is 2.50. The van der Waals surface area contributed by atoms with Gasteiger partial charge in [0.1, 0.15) is 5.75 Å². The minimum atomic E-state index is -0.642. The van der Waals surface area contributed by atoms with Crippen LogP contribution in [0.5, 0.6) is 5.75 Å². The van der Waals surface area contributed by atoms with E-state index in [9.17, 15) is 4.79 Å². The van der Waals surface area contributed by atoms with Gasteiger partial charge in [0.15, 0.2) is 6.10 Å². The third kappa shape index (κ3) is 4.54. The van der Waals surface area contributed by atoms with Gasteiger partial charge in [-0.25, -0.2) is 0 Å². The monoisotopic (exact) mass is 357 g/mol. The lowest BCUT2D eigenvalue weighted by atomic mass is 10.2. The van der Waals surface area contributed by atoms with Crippen molar-refractivity contribution in [1.82, 2.24) is 0 Å². The molecule has 1 N–H and O–H groups in total. The highest BCUT2D eigenvalue weighted by Crippen LogP contribution is 2.26. The summed E-state index contributed by atoms with van der Waals surface area (Å²) in [5.41, 5.74) is 0.456. The zero-order valence-corrected chi connectivity index (χ0v) is 14.0. The van der Waals surface area contributed by atoms with Crippen LogP contribution in [0, 0.1) is 0 Å². The molecule has 0 bridgehead atoms. The topological polar surface area (TPSA) is 38.3 Å².